The third-order valence-corrected chi connectivity index (χ3v) is 3.14. The molecule has 0 saturated carbocycles. The van der Waals surface area contributed by atoms with Gasteiger partial charge >= 0.3 is 0 Å². The number of methoxy groups -OCH3 is 1. The summed E-state index contributed by atoms with van der Waals surface area (Å²) in [5.74, 6) is -0.195. The molecule has 0 radical (unpaired) electrons. The molecular weight excluding hydrogens is 259 g/mol. The van der Waals surface area contributed by atoms with Gasteiger partial charge in [-0.2, -0.15) is 0 Å². The van der Waals surface area contributed by atoms with Gasteiger partial charge in [0.25, 0.3) is 0 Å². The molecule has 3 aromatic rings. The molecular formula is C14H13FN4O. The number of nitrogens with zero attached hydrogens (tertiary/aromatic N) is 3. The van der Waals surface area contributed by atoms with Gasteiger partial charge in [0.15, 0.2) is 17.2 Å². The Labute approximate surface area is 114 Å². The first kappa shape index (κ1) is 12.6. The largest absolute Gasteiger partial charge is 0.494 e. The van der Waals surface area contributed by atoms with Crippen molar-refractivity contribution >= 4 is 5.65 Å². The van der Waals surface area contributed by atoms with E-state index in [1.165, 1.54) is 13.2 Å². The Bertz CT molecular complexity index is 769. The summed E-state index contributed by atoms with van der Waals surface area (Å²) in [4.78, 5) is 8.48. The van der Waals surface area contributed by atoms with E-state index in [9.17, 15) is 4.39 Å². The summed E-state index contributed by atoms with van der Waals surface area (Å²) in [6.07, 6.45) is 5.11. The van der Waals surface area contributed by atoms with E-state index in [0.29, 0.717) is 23.4 Å². The van der Waals surface area contributed by atoms with Crippen molar-refractivity contribution in [2.45, 2.75) is 6.54 Å². The molecule has 0 aliphatic rings. The SMILES string of the molecule is COc1ccc(-c2cnc3c(CN)nccn23)cc1F. The monoisotopic (exact) mass is 272 g/mol. The van der Waals surface area contributed by atoms with Crippen LogP contribution in [0.25, 0.3) is 16.9 Å². The summed E-state index contributed by atoms with van der Waals surface area (Å²) in [5, 5.41) is 0. The summed E-state index contributed by atoms with van der Waals surface area (Å²) in [5.41, 5.74) is 8.51. The van der Waals surface area contributed by atoms with E-state index in [2.05, 4.69) is 9.97 Å². The van der Waals surface area contributed by atoms with Crippen LogP contribution in [-0.4, -0.2) is 21.5 Å². The van der Waals surface area contributed by atoms with Crippen molar-refractivity contribution in [1.29, 1.82) is 0 Å². The van der Waals surface area contributed by atoms with E-state index in [4.69, 9.17) is 10.5 Å². The highest BCUT2D eigenvalue weighted by Gasteiger charge is 2.11. The Morgan fingerprint density at radius 2 is 2.20 bits per heavy atom. The molecule has 102 valence electrons. The molecule has 0 amide bonds. The lowest BCUT2D eigenvalue weighted by Gasteiger charge is -2.06. The van der Waals surface area contributed by atoms with E-state index in [1.54, 1.807) is 30.7 Å². The summed E-state index contributed by atoms with van der Waals surface area (Å²) in [6, 6.07) is 4.80. The molecule has 2 N–H and O–H groups in total. The van der Waals surface area contributed by atoms with Gasteiger partial charge in [0, 0.05) is 24.5 Å². The number of hydrogen-bond acceptors (Lipinski definition) is 4. The van der Waals surface area contributed by atoms with Gasteiger partial charge in [-0.25, -0.2) is 9.37 Å². The molecule has 0 fully saturated rings. The average molecular weight is 272 g/mol. The first-order chi connectivity index (χ1) is 9.74. The first-order valence-electron chi connectivity index (χ1n) is 6.09. The van der Waals surface area contributed by atoms with Gasteiger partial charge in [-0.1, -0.05) is 0 Å². The number of halogens is 1. The topological polar surface area (TPSA) is 65.4 Å². The first-order valence-corrected chi connectivity index (χ1v) is 6.09. The summed E-state index contributed by atoms with van der Waals surface area (Å²) < 4.78 is 20.6. The molecule has 0 unspecified atom stereocenters. The van der Waals surface area contributed by atoms with Crippen molar-refractivity contribution in [2.24, 2.45) is 5.73 Å². The summed E-state index contributed by atoms with van der Waals surface area (Å²) >= 11 is 0. The predicted octanol–water partition coefficient (Wildman–Crippen LogP) is 2.00. The minimum absolute atomic E-state index is 0.215. The molecule has 5 nitrogen and oxygen atoms in total. The maximum atomic E-state index is 13.8. The van der Waals surface area contributed by atoms with E-state index < -0.39 is 5.82 Å². The molecule has 2 aromatic heterocycles. The van der Waals surface area contributed by atoms with Gasteiger partial charge in [0.05, 0.1) is 24.7 Å². The zero-order chi connectivity index (χ0) is 14.1. The third kappa shape index (κ3) is 1.90. The van der Waals surface area contributed by atoms with Crippen LogP contribution in [-0.2, 0) is 6.54 Å². The van der Waals surface area contributed by atoms with Crippen LogP contribution in [0.2, 0.25) is 0 Å². The normalized spacial score (nSPS) is 10.9. The Kier molecular flexibility index (Phi) is 3.08. The molecule has 0 atom stereocenters. The number of rotatable bonds is 3. The van der Waals surface area contributed by atoms with E-state index >= 15 is 0 Å². The number of ether oxygens (including phenoxy) is 1. The highest BCUT2D eigenvalue weighted by molar-refractivity contribution is 5.65. The highest BCUT2D eigenvalue weighted by atomic mass is 19.1. The lowest BCUT2D eigenvalue weighted by molar-refractivity contribution is 0.386. The quantitative estimate of drug-likeness (QED) is 0.792. The number of benzene rings is 1. The molecule has 20 heavy (non-hydrogen) atoms. The van der Waals surface area contributed by atoms with Crippen LogP contribution in [0.3, 0.4) is 0 Å². The fourth-order valence-electron chi connectivity index (χ4n) is 2.16. The summed E-state index contributed by atoms with van der Waals surface area (Å²) in [7, 11) is 1.44. The van der Waals surface area contributed by atoms with Gasteiger partial charge in [0.2, 0.25) is 0 Å². The van der Waals surface area contributed by atoms with Crippen molar-refractivity contribution in [3.8, 4) is 17.0 Å². The number of fused-ring (bicyclic) bond motifs is 1. The molecule has 1 aromatic carbocycles. The zero-order valence-corrected chi connectivity index (χ0v) is 10.9. The van der Waals surface area contributed by atoms with E-state index in [-0.39, 0.29) is 5.75 Å². The second-order valence-electron chi connectivity index (χ2n) is 4.26. The van der Waals surface area contributed by atoms with Gasteiger partial charge in [-0.05, 0) is 18.2 Å². The standard InChI is InChI=1S/C14H13FN4O/c1-20-13-3-2-9(6-10(13)15)12-8-18-14-11(7-16)17-4-5-19(12)14/h2-6,8H,7,16H2,1H3. The molecule has 3 rings (SSSR count). The molecule has 0 spiro atoms. The lowest BCUT2D eigenvalue weighted by Crippen LogP contribution is -2.03. The van der Waals surface area contributed by atoms with Crippen LogP contribution in [0.5, 0.6) is 5.75 Å². The molecule has 0 aliphatic heterocycles. The van der Waals surface area contributed by atoms with Crippen LogP contribution < -0.4 is 10.5 Å². The van der Waals surface area contributed by atoms with E-state index in [1.807, 2.05) is 4.40 Å². The highest BCUT2D eigenvalue weighted by Crippen LogP contribution is 2.26. The lowest BCUT2D eigenvalue weighted by atomic mass is 10.1. The minimum Gasteiger partial charge on any atom is -0.494 e. The Hall–Kier alpha value is -2.47. The van der Waals surface area contributed by atoms with Crippen molar-refractivity contribution in [3.05, 3.63) is 48.3 Å². The van der Waals surface area contributed by atoms with Crippen molar-refractivity contribution in [1.82, 2.24) is 14.4 Å². The average Bonchev–Trinajstić information content (AvgIpc) is 2.91. The Morgan fingerprint density at radius 3 is 2.90 bits per heavy atom. The molecule has 0 bridgehead atoms. The number of aromatic nitrogens is 3. The van der Waals surface area contributed by atoms with Crippen molar-refractivity contribution < 1.29 is 9.13 Å². The smallest absolute Gasteiger partial charge is 0.165 e. The number of imidazole rings is 1. The van der Waals surface area contributed by atoms with E-state index in [0.717, 1.165) is 5.69 Å². The second-order valence-corrected chi connectivity index (χ2v) is 4.26. The van der Waals surface area contributed by atoms with Gasteiger partial charge < -0.3 is 10.5 Å². The Morgan fingerprint density at radius 1 is 1.35 bits per heavy atom. The van der Waals surface area contributed by atoms with Crippen LogP contribution in [0, 0.1) is 5.82 Å². The second kappa shape index (κ2) is 4.90. The molecule has 6 heteroatoms. The fourth-order valence-corrected chi connectivity index (χ4v) is 2.16. The zero-order valence-electron chi connectivity index (χ0n) is 10.9. The molecule has 2 heterocycles. The van der Waals surface area contributed by atoms with Crippen molar-refractivity contribution in [3.63, 3.8) is 0 Å². The van der Waals surface area contributed by atoms with Gasteiger partial charge in [-0.15, -0.1) is 0 Å². The predicted molar refractivity (Wildman–Crippen MR) is 72.8 cm³/mol. The number of nitrogens with two attached hydrogens (primary N) is 1. The van der Waals surface area contributed by atoms with Crippen LogP contribution >= 0.6 is 0 Å². The molecule has 0 aliphatic carbocycles. The third-order valence-electron chi connectivity index (χ3n) is 3.14. The summed E-state index contributed by atoms with van der Waals surface area (Å²) in [6.45, 7) is 0.303. The maximum Gasteiger partial charge on any atom is 0.165 e. The molecule has 0 saturated heterocycles. The minimum atomic E-state index is -0.409. The Balaban J connectivity index is 2.17. The number of hydrogen-bond donors (Lipinski definition) is 1. The maximum absolute atomic E-state index is 13.8. The van der Waals surface area contributed by atoms with Gasteiger partial charge in [0.1, 0.15) is 0 Å². The van der Waals surface area contributed by atoms with Crippen LogP contribution in [0.4, 0.5) is 4.39 Å². The fraction of sp³-hybridized carbons (Fsp3) is 0.143. The van der Waals surface area contributed by atoms with Crippen LogP contribution in [0.1, 0.15) is 5.69 Å². The van der Waals surface area contributed by atoms with Crippen molar-refractivity contribution in [2.75, 3.05) is 7.11 Å². The van der Waals surface area contributed by atoms with Gasteiger partial charge in [-0.3, -0.25) is 9.38 Å². The van der Waals surface area contributed by atoms with Crippen LogP contribution in [0.15, 0.2) is 36.8 Å².